The van der Waals surface area contributed by atoms with E-state index in [9.17, 15) is 18.8 Å². The zero-order valence-corrected chi connectivity index (χ0v) is 26.1. The predicted octanol–water partition coefficient (Wildman–Crippen LogP) is 4.69. The molecule has 8 nitrogen and oxygen atoms in total. The zero-order valence-electron chi connectivity index (χ0n) is 26.1. The van der Waals surface area contributed by atoms with Crippen molar-refractivity contribution in [3.8, 4) is 5.75 Å². The highest BCUT2D eigenvalue weighted by Gasteiger charge is 2.48. The number of ether oxygens (including phenoxy) is 2. The maximum atomic E-state index is 14.5. The first-order valence-corrected chi connectivity index (χ1v) is 15.7. The molecule has 2 aliphatic rings. The summed E-state index contributed by atoms with van der Waals surface area (Å²) in [5.74, 6) is -0.339. The molecule has 1 atom stereocenters. The molecule has 45 heavy (non-hydrogen) atoms. The Morgan fingerprint density at radius 3 is 2.42 bits per heavy atom. The van der Waals surface area contributed by atoms with Crippen LogP contribution < -0.4 is 10.1 Å². The predicted molar refractivity (Wildman–Crippen MR) is 169 cm³/mol. The van der Waals surface area contributed by atoms with Gasteiger partial charge in [0, 0.05) is 13.1 Å². The summed E-state index contributed by atoms with van der Waals surface area (Å²) in [5.41, 5.74) is 0.308. The summed E-state index contributed by atoms with van der Waals surface area (Å²) in [6, 6.07) is 23.5. The minimum Gasteiger partial charge on any atom is -0.491 e. The van der Waals surface area contributed by atoms with Crippen molar-refractivity contribution < 1.29 is 28.2 Å². The first-order valence-electron chi connectivity index (χ1n) is 15.7. The number of hydrogen-bond donors (Lipinski definition) is 1. The van der Waals surface area contributed by atoms with Gasteiger partial charge in [-0.15, -0.1) is 0 Å². The summed E-state index contributed by atoms with van der Waals surface area (Å²) in [4.78, 5) is 44.8. The first-order chi connectivity index (χ1) is 21.6. The molecule has 0 aliphatic carbocycles. The Morgan fingerprint density at radius 1 is 0.911 bits per heavy atom. The number of halogens is 1. The number of nitrogens with one attached hydrogen (secondary N) is 1. The molecule has 1 fully saturated rings. The standard InChI is InChI=1S/C36H42FN3O5/c1-35(2,38-32(41)24-27-15-17-30(37)18-16-27)33(42)40-21-23-45-36(26-40)19-9-8-13-29-12-6-7-14-31(29)44-22-20-39(34(36)43)25-28-10-4-3-5-11-28/h3-7,10-12,14-18H,8-9,13,19-26H2,1-2H3,(H,38,41). The fraction of sp³-hybridized carbons (Fsp3) is 0.417. The minimum absolute atomic E-state index is 0.0160. The molecule has 1 spiro atoms. The normalized spacial score (nSPS) is 19.6. The van der Waals surface area contributed by atoms with Crippen LogP contribution in [0.3, 0.4) is 0 Å². The van der Waals surface area contributed by atoms with Crippen molar-refractivity contribution in [2.24, 2.45) is 0 Å². The summed E-state index contributed by atoms with van der Waals surface area (Å²) >= 11 is 0. The molecule has 2 aliphatic heterocycles. The van der Waals surface area contributed by atoms with Gasteiger partial charge in [0.1, 0.15) is 23.7 Å². The second-order valence-corrected chi connectivity index (χ2v) is 12.4. The van der Waals surface area contributed by atoms with Gasteiger partial charge < -0.3 is 24.6 Å². The number of morpholine rings is 1. The Morgan fingerprint density at radius 2 is 1.64 bits per heavy atom. The van der Waals surface area contributed by atoms with Crippen LogP contribution in [-0.2, 0) is 38.5 Å². The molecule has 3 aromatic carbocycles. The summed E-state index contributed by atoms with van der Waals surface area (Å²) < 4.78 is 25.9. The summed E-state index contributed by atoms with van der Waals surface area (Å²) in [6.07, 6.45) is 2.84. The van der Waals surface area contributed by atoms with Crippen LogP contribution in [0.4, 0.5) is 4.39 Å². The van der Waals surface area contributed by atoms with E-state index in [1.165, 1.54) is 12.1 Å². The molecule has 5 rings (SSSR count). The number of para-hydroxylation sites is 1. The molecular formula is C36H42FN3O5. The average Bonchev–Trinajstić information content (AvgIpc) is 3.03. The van der Waals surface area contributed by atoms with Crippen molar-refractivity contribution in [1.82, 2.24) is 15.1 Å². The lowest BCUT2D eigenvalue weighted by Crippen LogP contribution is -2.65. The smallest absolute Gasteiger partial charge is 0.257 e. The van der Waals surface area contributed by atoms with Crippen molar-refractivity contribution in [2.45, 2.75) is 63.6 Å². The highest BCUT2D eigenvalue weighted by Crippen LogP contribution is 2.31. The molecule has 0 radical (unpaired) electrons. The number of benzene rings is 3. The van der Waals surface area contributed by atoms with E-state index in [1.54, 1.807) is 35.8 Å². The molecular weight excluding hydrogens is 573 g/mol. The van der Waals surface area contributed by atoms with Gasteiger partial charge >= 0.3 is 0 Å². The SMILES string of the molecule is CC(C)(NC(=O)Cc1ccc(F)cc1)C(=O)N1CCOC2(CCCCc3ccccc3OCCN(Cc3ccccc3)C2=O)C1. The van der Waals surface area contributed by atoms with Crippen molar-refractivity contribution in [2.75, 3.05) is 32.8 Å². The van der Waals surface area contributed by atoms with Gasteiger partial charge in [-0.25, -0.2) is 4.39 Å². The number of carbonyl (C=O) groups is 3. The molecule has 3 aromatic rings. The summed E-state index contributed by atoms with van der Waals surface area (Å²) in [5, 5.41) is 2.85. The molecule has 1 N–H and O–H groups in total. The third kappa shape index (κ3) is 8.08. The summed E-state index contributed by atoms with van der Waals surface area (Å²) in [7, 11) is 0. The van der Waals surface area contributed by atoms with Crippen molar-refractivity contribution in [1.29, 1.82) is 0 Å². The quantitative estimate of drug-likeness (QED) is 0.435. The van der Waals surface area contributed by atoms with Gasteiger partial charge in [-0.05, 0) is 74.4 Å². The van der Waals surface area contributed by atoms with Crippen LogP contribution >= 0.6 is 0 Å². The Labute approximate surface area is 264 Å². The molecule has 1 saturated heterocycles. The van der Waals surface area contributed by atoms with Crippen molar-refractivity contribution in [3.05, 3.63) is 101 Å². The average molecular weight is 616 g/mol. The lowest BCUT2D eigenvalue weighted by Gasteiger charge is -2.45. The van der Waals surface area contributed by atoms with Crippen LogP contribution in [0.1, 0.15) is 49.8 Å². The molecule has 3 amide bonds. The van der Waals surface area contributed by atoms with Crippen LogP contribution in [0, 0.1) is 5.82 Å². The summed E-state index contributed by atoms with van der Waals surface area (Å²) in [6.45, 7) is 4.99. The lowest BCUT2D eigenvalue weighted by atomic mass is 9.90. The van der Waals surface area contributed by atoms with Crippen molar-refractivity contribution in [3.63, 3.8) is 0 Å². The Bertz CT molecular complexity index is 1480. The van der Waals surface area contributed by atoms with E-state index >= 15 is 0 Å². The van der Waals surface area contributed by atoms with E-state index in [-0.39, 0.29) is 43.1 Å². The molecule has 1 unspecified atom stereocenters. The molecule has 2 heterocycles. The maximum Gasteiger partial charge on any atom is 0.257 e. The highest BCUT2D eigenvalue weighted by molar-refractivity contribution is 5.92. The number of nitrogens with zero attached hydrogens (tertiary/aromatic N) is 2. The number of aryl methyl sites for hydroxylation is 1. The van der Waals surface area contributed by atoms with E-state index in [4.69, 9.17) is 9.47 Å². The van der Waals surface area contributed by atoms with Crippen LogP contribution in [0.5, 0.6) is 5.75 Å². The van der Waals surface area contributed by atoms with Gasteiger partial charge in [0.2, 0.25) is 11.8 Å². The second kappa shape index (κ2) is 14.2. The topological polar surface area (TPSA) is 88.2 Å². The largest absolute Gasteiger partial charge is 0.491 e. The number of rotatable bonds is 6. The van der Waals surface area contributed by atoms with Crippen molar-refractivity contribution >= 4 is 17.7 Å². The van der Waals surface area contributed by atoms with E-state index in [1.807, 2.05) is 48.5 Å². The molecule has 238 valence electrons. The fourth-order valence-corrected chi connectivity index (χ4v) is 6.16. The Kier molecular flexibility index (Phi) is 10.2. The zero-order chi connectivity index (χ0) is 31.9. The third-order valence-corrected chi connectivity index (χ3v) is 8.50. The fourth-order valence-electron chi connectivity index (χ4n) is 6.16. The number of fused-ring (bicyclic) bond motifs is 1. The highest BCUT2D eigenvalue weighted by atomic mass is 19.1. The van der Waals surface area contributed by atoms with Crippen LogP contribution in [0.2, 0.25) is 0 Å². The number of hydrogen-bond acceptors (Lipinski definition) is 5. The van der Waals surface area contributed by atoms with Crippen LogP contribution in [0.15, 0.2) is 78.9 Å². The molecule has 0 aromatic heterocycles. The van der Waals surface area contributed by atoms with E-state index < -0.39 is 11.1 Å². The monoisotopic (exact) mass is 615 g/mol. The minimum atomic E-state index is -1.23. The van der Waals surface area contributed by atoms with Gasteiger partial charge in [-0.3, -0.25) is 14.4 Å². The molecule has 9 heteroatoms. The molecule has 0 saturated carbocycles. The molecule has 0 bridgehead atoms. The number of amides is 3. The lowest BCUT2D eigenvalue weighted by molar-refractivity contribution is -0.179. The second-order valence-electron chi connectivity index (χ2n) is 12.4. The van der Waals surface area contributed by atoms with Gasteiger partial charge in [0.05, 0.1) is 26.1 Å². The Hall–Kier alpha value is -4.24. The van der Waals surface area contributed by atoms with Gasteiger partial charge in [-0.1, -0.05) is 60.7 Å². The van der Waals surface area contributed by atoms with Gasteiger partial charge in [0.15, 0.2) is 5.60 Å². The van der Waals surface area contributed by atoms with Crippen LogP contribution in [0.25, 0.3) is 0 Å². The maximum absolute atomic E-state index is 14.5. The first kappa shape index (κ1) is 32.2. The third-order valence-electron chi connectivity index (χ3n) is 8.50. The van der Waals surface area contributed by atoms with E-state index in [0.29, 0.717) is 38.2 Å². The van der Waals surface area contributed by atoms with Gasteiger partial charge in [-0.2, -0.15) is 0 Å². The van der Waals surface area contributed by atoms with Crippen LogP contribution in [-0.4, -0.2) is 71.5 Å². The van der Waals surface area contributed by atoms with E-state index in [0.717, 1.165) is 36.1 Å². The van der Waals surface area contributed by atoms with Gasteiger partial charge in [0.25, 0.3) is 5.91 Å². The van der Waals surface area contributed by atoms with E-state index in [2.05, 4.69) is 11.4 Å². The Balaban J connectivity index is 1.35. The number of carbonyl (C=O) groups excluding carboxylic acids is 3.